The smallest absolute Gasteiger partial charge is 0.251 e. The molecule has 156 valence electrons. The molecule has 0 radical (unpaired) electrons. The van der Waals surface area contributed by atoms with Crippen LogP contribution in [0.15, 0.2) is 48.5 Å². The lowest BCUT2D eigenvalue weighted by Gasteiger charge is -2.21. The Hall–Kier alpha value is -2.97. The van der Waals surface area contributed by atoms with Gasteiger partial charge in [-0.3, -0.25) is 14.9 Å². The molecule has 2 N–H and O–H groups in total. The fourth-order valence-corrected chi connectivity index (χ4v) is 3.55. The standard InChI is InChI=1S/C21H21ClN4O3S/c1-12(2)17(23-18(27)13-4-8-15(22)9-5-13)19(28)24-21-26-25-20(30-21)14-6-10-16(29-3)11-7-14/h4-12,17H,1-3H3,(H,23,27)(H,24,26,28). The van der Waals surface area contributed by atoms with Gasteiger partial charge >= 0.3 is 0 Å². The van der Waals surface area contributed by atoms with Crippen molar-refractivity contribution in [3.63, 3.8) is 0 Å². The molecule has 1 aromatic heterocycles. The molecule has 0 aliphatic heterocycles. The fraction of sp³-hybridized carbons (Fsp3) is 0.238. The normalized spacial score (nSPS) is 11.8. The van der Waals surface area contributed by atoms with E-state index < -0.39 is 6.04 Å². The van der Waals surface area contributed by atoms with Crippen LogP contribution in [0.1, 0.15) is 24.2 Å². The van der Waals surface area contributed by atoms with E-state index in [-0.39, 0.29) is 17.7 Å². The molecule has 0 fully saturated rings. The van der Waals surface area contributed by atoms with E-state index >= 15 is 0 Å². The highest BCUT2D eigenvalue weighted by molar-refractivity contribution is 7.18. The third-order valence-corrected chi connectivity index (χ3v) is 5.47. The van der Waals surface area contributed by atoms with Crippen LogP contribution < -0.4 is 15.4 Å². The molecule has 0 saturated heterocycles. The number of hydrogen-bond acceptors (Lipinski definition) is 6. The van der Waals surface area contributed by atoms with E-state index in [9.17, 15) is 9.59 Å². The van der Waals surface area contributed by atoms with Crippen molar-refractivity contribution in [3.05, 3.63) is 59.1 Å². The summed E-state index contributed by atoms with van der Waals surface area (Å²) in [6, 6.07) is 13.1. The molecule has 2 aromatic carbocycles. The maximum atomic E-state index is 12.8. The van der Waals surface area contributed by atoms with Gasteiger partial charge in [-0.05, 0) is 54.4 Å². The molecule has 0 saturated carbocycles. The Kier molecular flexibility index (Phi) is 7.02. The molecule has 7 nitrogen and oxygen atoms in total. The summed E-state index contributed by atoms with van der Waals surface area (Å²) in [6.45, 7) is 3.71. The Morgan fingerprint density at radius 1 is 1.03 bits per heavy atom. The van der Waals surface area contributed by atoms with Gasteiger partial charge in [0.05, 0.1) is 7.11 Å². The Morgan fingerprint density at radius 2 is 1.70 bits per heavy atom. The van der Waals surface area contributed by atoms with Crippen molar-refractivity contribution in [1.82, 2.24) is 15.5 Å². The predicted molar refractivity (Wildman–Crippen MR) is 118 cm³/mol. The Labute approximate surface area is 183 Å². The summed E-state index contributed by atoms with van der Waals surface area (Å²) >= 11 is 7.11. The molecule has 1 heterocycles. The molecule has 0 aliphatic carbocycles. The molecule has 30 heavy (non-hydrogen) atoms. The number of benzene rings is 2. The van der Waals surface area contributed by atoms with Crippen LogP contribution in [0.2, 0.25) is 5.02 Å². The van der Waals surface area contributed by atoms with Gasteiger partial charge in [0.2, 0.25) is 11.0 Å². The SMILES string of the molecule is COc1ccc(-c2nnc(NC(=O)C(NC(=O)c3ccc(Cl)cc3)C(C)C)s2)cc1. The van der Waals surface area contributed by atoms with Crippen LogP contribution in [0.5, 0.6) is 5.75 Å². The average Bonchev–Trinajstić information content (AvgIpc) is 3.20. The highest BCUT2D eigenvalue weighted by Crippen LogP contribution is 2.28. The van der Waals surface area contributed by atoms with Gasteiger partial charge in [0.25, 0.3) is 5.91 Å². The maximum absolute atomic E-state index is 12.8. The third kappa shape index (κ3) is 5.34. The van der Waals surface area contributed by atoms with Crippen molar-refractivity contribution >= 4 is 39.9 Å². The number of nitrogens with zero attached hydrogens (tertiary/aromatic N) is 2. The highest BCUT2D eigenvalue weighted by atomic mass is 35.5. The molecule has 0 bridgehead atoms. The van der Waals surface area contributed by atoms with E-state index in [0.717, 1.165) is 11.3 Å². The molecule has 0 aliphatic rings. The number of amides is 2. The van der Waals surface area contributed by atoms with E-state index in [1.165, 1.54) is 11.3 Å². The zero-order valence-electron chi connectivity index (χ0n) is 16.7. The van der Waals surface area contributed by atoms with Crippen LogP contribution >= 0.6 is 22.9 Å². The van der Waals surface area contributed by atoms with Crippen LogP contribution in [-0.2, 0) is 4.79 Å². The quantitative estimate of drug-likeness (QED) is 0.568. The summed E-state index contributed by atoms with van der Waals surface area (Å²) in [4.78, 5) is 25.3. The monoisotopic (exact) mass is 444 g/mol. The minimum absolute atomic E-state index is 0.129. The van der Waals surface area contributed by atoms with E-state index in [1.807, 2.05) is 38.1 Å². The lowest BCUT2D eigenvalue weighted by atomic mass is 10.0. The van der Waals surface area contributed by atoms with E-state index in [2.05, 4.69) is 20.8 Å². The molecule has 1 unspecified atom stereocenters. The third-order valence-electron chi connectivity index (χ3n) is 4.33. The summed E-state index contributed by atoms with van der Waals surface area (Å²) in [5.74, 6) is -0.0929. The minimum atomic E-state index is -0.735. The Morgan fingerprint density at radius 3 is 2.30 bits per heavy atom. The number of anilines is 1. The Balaban J connectivity index is 1.68. The first kappa shape index (κ1) is 21.7. The molecule has 1 atom stereocenters. The van der Waals surface area contributed by atoms with Gasteiger partial charge in [-0.1, -0.05) is 36.8 Å². The zero-order chi connectivity index (χ0) is 21.7. The number of methoxy groups -OCH3 is 1. The van der Waals surface area contributed by atoms with Crippen molar-refractivity contribution in [2.45, 2.75) is 19.9 Å². The van der Waals surface area contributed by atoms with Gasteiger partial charge in [0.1, 0.15) is 16.8 Å². The molecule has 3 rings (SSSR count). The van der Waals surface area contributed by atoms with Crippen molar-refractivity contribution < 1.29 is 14.3 Å². The number of carbonyl (C=O) groups excluding carboxylic acids is 2. The number of ether oxygens (including phenoxy) is 1. The van der Waals surface area contributed by atoms with Gasteiger partial charge < -0.3 is 10.1 Å². The molecular formula is C21H21ClN4O3S. The van der Waals surface area contributed by atoms with Gasteiger partial charge in [0, 0.05) is 16.1 Å². The average molecular weight is 445 g/mol. The van der Waals surface area contributed by atoms with Crippen molar-refractivity contribution in [1.29, 1.82) is 0 Å². The summed E-state index contributed by atoms with van der Waals surface area (Å²) in [5, 5.41) is 15.3. The second kappa shape index (κ2) is 9.69. The van der Waals surface area contributed by atoms with Crippen molar-refractivity contribution in [2.75, 3.05) is 12.4 Å². The second-order valence-corrected chi connectivity index (χ2v) is 8.25. The Bertz CT molecular complexity index is 1020. The molecule has 3 aromatic rings. The summed E-state index contributed by atoms with van der Waals surface area (Å²) in [6.07, 6.45) is 0. The largest absolute Gasteiger partial charge is 0.497 e. The highest BCUT2D eigenvalue weighted by Gasteiger charge is 2.25. The first-order chi connectivity index (χ1) is 14.4. The summed E-state index contributed by atoms with van der Waals surface area (Å²) in [5.41, 5.74) is 1.29. The first-order valence-corrected chi connectivity index (χ1v) is 10.4. The summed E-state index contributed by atoms with van der Waals surface area (Å²) < 4.78 is 5.15. The predicted octanol–water partition coefficient (Wildman–Crippen LogP) is 4.26. The van der Waals surface area contributed by atoms with E-state index in [0.29, 0.717) is 20.7 Å². The first-order valence-electron chi connectivity index (χ1n) is 9.22. The lowest BCUT2D eigenvalue weighted by molar-refractivity contribution is -0.118. The van der Waals surface area contributed by atoms with E-state index in [4.69, 9.17) is 16.3 Å². The zero-order valence-corrected chi connectivity index (χ0v) is 18.3. The number of nitrogens with one attached hydrogen (secondary N) is 2. The van der Waals surface area contributed by atoms with Gasteiger partial charge in [-0.15, -0.1) is 10.2 Å². The van der Waals surface area contributed by atoms with Crippen molar-refractivity contribution in [3.8, 4) is 16.3 Å². The fourth-order valence-electron chi connectivity index (χ4n) is 2.67. The number of halogens is 1. The minimum Gasteiger partial charge on any atom is -0.497 e. The molecule has 0 spiro atoms. The topological polar surface area (TPSA) is 93.2 Å². The number of rotatable bonds is 7. The number of aromatic nitrogens is 2. The number of carbonyl (C=O) groups is 2. The van der Waals surface area contributed by atoms with Crippen LogP contribution in [0.4, 0.5) is 5.13 Å². The second-order valence-electron chi connectivity index (χ2n) is 6.83. The lowest BCUT2D eigenvalue weighted by Crippen LogP contribution is -2.47. The van der Waals surface area contributed by atoms with Crippen LogP contribution in [0, 0.1) is 5.92 Å². The maximum Gasteiger partial charge on any atom is 0.251 e. The van der Waals surface area contributed by atoms with Gasteiger partial charge in [-0.25, -0.2) is 0 Å². The van der Waals surface area contributed by atoms with Gasteiger partial charge in [-0.2, -0.15) is 0 Å². The van der Waals surface area contributed by atoms with Gasteiger partial charge in [0.15, 0.2) is 0 Å². The van der Waals surface area contributed by atoms with E-state index in [1.54, 1.807) is 31.4 Å². The van der Waals surface area contributed by atoms with Crippen molar-refractivity contribution in [2.24, 2.45) is 5.92 Å². The molecule has 9 heteroatoms. The molecular weight excluding hydrogens is 424 g/mol. The van der Waals surface area contributed by atoms with Crippen LogP contribution in [0.25, 0.3) is 10.6 Å². The van der Waals surface area contributed by atoms with Crippen LogP contribution in [-0.4, -0.2) is 35.2 Å². The van der Waals surface area contributed by atoms with Crippen LogP contribution in [0.3, 0.4) is 0 Å². The number of hydrogen-bond donors (Lipinski definition) is 2. The molecule has 2 amide bonds. The summed E-state index contributed by atoms with van der Waals surface area (Å²) in [7, 11) is 1.60.